The lowest BCUT2D eigenvalue weighted by molar-refractivity contribution is -0.121. The first-order valence-electron chi connectivity index (χ1n) is 6.14. The lowest BCUT2D eigenvalue weighted by atomic mass is 9.87. The summed E-state index contributed by atoms with van der Waals surface area (Å²) in [6, 6.07) is 7.96. The molecule has 0 fully saturated rings. The lowest BCUT2D eigenvalue weighted by Gasteiger charge is -2.26. The van der Waals surface area contributed by atoms with Crippen LogP contribution >= 0.6 is 0 Å². The summed E-state index contributed by atoms with van der Waals surface area (Å²) in [5, 5.41) is 3.00. The largest absolute Gasteiger partial charge is 0.493 e. The highest BCUT2D eigenvalue weighted by atomic mass is 16.5. The molecule has 1 aromatic carbocycles. The molecule has 3 nitrogen and oxygen atoms in total. The van der Waals surface area contributed by atoms with Crippen molar-refractivity contribution in [2.45, 2.75) is 31.7 Å². The van der Waals surface area contributed by atoms with Crippen molar-refractivity contribution in [1.82, 2.24) is 5.32 Å². The number of rotatable bonds is 4. The first kappa shape index (κ1) is 12.1. The monoisotopic (exact) mass is 233 g/mol. The highest BCUT2D eigenvalue weighted by Crippen LogP contribution is 2.35. The summed E-state index contributed by atoms with van der Waals surface area (Å²) in [5.41, 5.74) is 1.18. The number of hydrogen-bond donors (Lipinski definition) is 1. The standard InChI is InChI=1S/C14H19NO2/c1-10(15-2)13(16)9-11-7-8-17-14-6-4-3-5-12(11)14/h3-6,10-11,15H,7-9H2,1-2H3. The molecule has 0 spiro atoms. The molecule has 0 saturated heterocycles. The number of benzene rings is 1. The van der Waals surface area contributed by atoms with E-state index < -0.39 is 0 Å². The molecule has 92 valence electrons. The molecule has 0 saturated carbocycles. The molecule has 1 N–H and O–H groups in total. The van der Waals surface area contributed by atoms with Gasteiger partial charge in [0.25, 0.3) is 0 Å². The van der Waals surface area contributed by atoms with Gasteiger partial charge in [0.2, 0.25) is 0 Å². The van der Waals surface area contributed by atoms with Gasteiger partial charge < -0.3 is 10.1 Å². The van der Waals surface area contributed by atoms with E-state index in [1.165, 1.54) is 5.56 Å². The summed E-state index contributed by atoms with van der Waals surface area (Å²) in [5.74, 6) is 1.52. The minimum absolute atomic E-state index is 0.0648. The van der Waals surface area contributed by atoms with Crippen molar-refractivity contribution in [1.29, 1.82) is 0 Å². The van der Waals surface area contributed by atoms with Crippen molar-refractivity contribution < 1.29 is 9.53 Å². The van der Waals surface area contributed by atoms with Crippen LogP contribution in [0.4, 0.5) is 0 Å². The maximum atomic E-state index is 11.9. The molecule has 0 amide bonds. The number of fused-ring (bicyclic) bond motifs is 1. The van der Waals surface area contributed by atoms with E-state index >= 15 is 0 Å². The van der Waals surface area contributed by atoms with E-state index in [1.807, 2.05) is 32.2 Å². The molecule has 0 bridgehead atoms. The first-order valence-corrected chi connectivity index (χ1v) is 6.14. The van der Waals surface area contributed by atoms with Gasteiger partial charge in [-0.15, -0.1) is 0 Å². The van der Waals surface area contributed by atoms with E-state index in [2.05, 4.69) is 11.4 Å². The number of ether oxygens (including phenoxy) is 1. The van der Waals surface area contributed by atoms with Crippen LogP contribution in [0.3, 0.4) is 0 Å². The number of hydrogen-bond acceptors (Lipinski definition) is 3. The Kier molecular flexibility index (Phi) is 3.79. The summed E-state index contributed by atoms with van der Waals surface area (Å²) in [4.78, 5) is 11.9. The molecule has 0 radical (unpaired) electrons. The number of Topliss-reactive ketones (excluding diaryl/α,β-unsaturated/α-hetero) is 1. The molecule has 0 aromatic heterocycles. The van der Waals surface area contributed by atoms with Gasteiger partial charge in [-0.1, -0.05) is 18.2 Å². The second-order valence-corrected chi connectivity index (χ2v) is 4.55. The zero-order valence-electron chi connectivity index (χ0n) is 10.4. The fourth-order valence-electron chi connectivity index (χ4n) is 2.21. The average Bonchev–Trinajstić information content (AvgIpc) is 2.38. The Hall–Kier alpha value is -1.35. The Balaban J connectivity index is 2.11. The number of likely N-dealkylation sites (N-methyl/N-ethyl adjacent to an activating group) is 1. The van der Waals surface area contributed by atoms with Crippen molar-refractivity contribution >= 4 is 5.78 Å². The summed E-state index contributed by atoms with van der Waals surface area (Å²) in [7, 11) is 1.82. The number of para-hydroxylation sites is 1. The van der Waals surface area contributed by atoms with Crippen LogP contribution in [0.2, 0.25) is 0 Å². The van der Waals surface area contributed by atoms with Crippen LogP contribution in [-0.2, 0) is 4.79 Å². The Labute approximate surface area is 102 Å². The Morgan fingerprint density at radius 2 is 2.29 bits per heavy atom. The van der Waals surface area contributed by atoms with Crippen LogP contribution in [0.1, 0.15) is 31.2 Å². The third-order valence-electron chi connectivity index (χ3n) is 3.45. The van der Waals surface area contributed by atoms with Gasteiger partial charge in [-0.3, -0.25) is 4.79 Å². The first-order chi connectivity index (χ1) is 8.22. The van der Waals surface area contributed by atoms with E-state index in [4.69, 9.17) is 4.74 Å². The van der Waals surface area contributed by atoms with E-state index in [-0.39, 0.29) is 11.8 Å². The van der Waals surface area contributed by atoms with Gasteiger partial charge in [-0.25, -0.2) is 0 Å². The molecule has 3 heteroatoms. The molecule has 1 aliphatic heterocycles. The minimum Gasteiger partial charge on any atom is -0.493 e. The summed E-state index contributed by atoms with van der Waals surface area (Å²) < 4.78 is 5.60. The maximum absolute atomic E-state index is 11.9. The van der Waals surface area contributed by atoms with Crippen LogP contribution in [-0.4, -0.2) is 25.5 Å². The molecule has 2 unspecified atom stereocenters. The fourth-order valence-corrected chi connectivity index (χ4v) is 2.21. The van der Waals surface area contributed by atoms with E-state index in [9.17, 15) is 4.79 Å². The van der Waals surface area contributed by atoms with Gasteiger partial charge in [0.15, 0.2) is 0 Å². The van der Waals surface area contributed by atoms with Gasteiger partial charge >= 0.3 is 0 Å². The van der Waals surface area contributed by atoms with Crippen LogP contribution < -0.4 is 10.1 Å². The van der Waals surface area contributed by atoms with Gasteiger partial charge in [-0.2, -0.15) is 0 Å². The predicted molar refractivity (Wildman–Crippen MR) is 67.4 cm³/mol. The topological polar surface area (TPSA) is 38.3 Å². The van der Waals surface area contributed by atoms with Gasteiger partial charge in [0, 0.05) is 6.42 Å². The van der Waals surface area contributed by atoms with Gasteiger partial charge in [-0.05, 0) is 37.9 Å². The molecular formula is C14H19NO2. The molecule has 2 rings (SSSR count). The summed E-state index contributed by atoms with van der Waals surface area (Å²) in [6.45, 7) is 2.62. The number of carbonyl (C=O) groups excluding carboxylic acids is 1. The van der Waals surface area contributed by atoms with Crippen molar-refractivity contribution in [3.05, 3.63) is 29.8 Å². The van der Waals surface area contributed by atoms with E-state index in [0.717, 1.165) is 12.2 Å². The Bertz CT molecular complexity index is 403. The lowest BCUT2D eigenvalue weighted by Crippen LogP contribution is -2.32. The van der Waals surface area contributed by atoms with Crippen LogP contribution in [0.25, 0.3) is 0 Å². The van der Waals surface area contributed by atoms with Crippen LogP contribution in [0, 0.1) is 0 Å². The van der Waals surface area contributed by atoms with Crippen LogP contribution in [0.15, 0.2) is 24.3 Å². The zero-order valence-corrected chi connectivity index (χ0v) is 10.4. The smallest absolute Gasteiger partial charge is 0.150 e. The Morgan fingerprint density at radius 1 is 1.53 bits per heavy atom. The molecule has 2 atom stereocenters. The third kappa shape index (κ3) is 2.67. The molecule has 1 heterocycles. The van der Waals surface area contributed by atoms with Gasteiger partial charge in [0.1, 0.15) is 11.5 Å². The average molecular weight is 233 g/mol. The third-order valence-corrected chi connectivity index (χ3v) is 3.45. The minimum atomic E-state index is -0.0648. The van der Waals surface area contributed by atoms with Crippen LogP contribution in [0.5, 0.6) is 5.75 Å². The normalized spacial score (nSPS) is 20.2. The van der Waals surface area contributed by atoms with Crippen molar-refractivity contribution in [3.63, 3.8) is 0 Å². The van der Waals surface area contributed by atoms with Crippen molar-refractivity contribution in [3.8, 4) is 5.75 Å². The van der Waals surface area contributed by atoms with E-state index in [0.29, 0.717) is 18.9 Å². The summed E-state index contributed by atoms with van der Waals surface area (Å²) >= 11 is 0. The van der Waals surface area contributed by atoms with Gasteiger partial charge in [0.05, 0.1) is 12.6 Å². The number of nitrogens with one attached hydrogen (secondary N) is 1. The molecule has 1 aromatic rings. The SMILES string of the molecule is CNC(C)C(=O)CC1CCOc2ccccc21. The predicted octanol–water partition coefficient (Wildman–Crippen LogP) is 2.12. The second kappa shape index (κ2) is 5.32. The second-order valence-electron chi connectivity index (χ2n) is 4.55. The highest BCUT2D eigenvalue weighted by molar-refractivity contribution is 5.84. The Morgan fingerprint density at radius 3 is 3.06 bits per heavy atom. The van der Waals surface area contributed by atoms with Crippen molar-refractivity contribution in [2.75, 3.05) is 13.7 Å². The number of carbonyl (C=O) groups is 1. The molecular weight excluding hydrogens is 214 g/mol. The fraction of sp³-hybridized carbons (Fsp3) is 0.500. The van der Waals surface area contributed by atoms with E-state index in [1.54, 1.807) is 0 Å². The molecule has 1 aliphatic rings. The summed E-state index contributed by atoms with van der Waals surface area (Å²) in [6.07, 6.45) is 1.53. The van der Waals surface area contributed by atoms with Crippen molar-refractivity contribution in [2.24, 2.45) is 0 Å². The quantitative estimate of drug-likeness (QED) is 0.865. The zero-order chi connectivity index (χ0) is 12.3. The molecule has 0 aliphatic carbocycles. The molecule has 17 heavy (non-hydrogen) atoms. The number of ketones is 1. The maximum Gasteiger partial charge on any atom is 0.150 e. The highest BCUT2D eigenvalue weighted by Gasteiger charge is 2.24.